The molecule has 0 amide bonds. The van der Waals surface area contributed by atoms with E-state index in [2.05, 4.69) is 19.1 Å². The fourth-order valence-corrected chi connectivity index (χ4v) is 2.34. The van der Waals surface area contributed by atoms with E-state index in [1.165, 1.54) is 0 Å². The van der Waals surface area contributed by atoms with Crippen molar-refractivity contribution in [2.75, 3.05) is 0 Å². The second-order valence-corrected chi connectivity index (χ2v) is 4.25. The highest BCUT2D eigenvalue weighted by molar-refractivity contribution is 6.05. The smallest absolute Gasteiger partial charge is 0.184 e. The van der Waals surface area contributed by atoms with Crippen LogP contribution in [-0.4, -0.2) is 10.9 Å². The fraction of sp³-hybridized carbons (Fsp3) is 0.417. The molecule has 0 aliphatic heterocycles. The van der Waals surface area contributed by atoms with Gasteiger partial charge in [-0.25, -0.2) is 0 Å². The first kappa shape index (κ1) is 9.25. The number of aliphatic hydroxyl groups excluding tert-OH is 1. The van der Waals surface area contributed by atoms with Crippen LogP contribution in [-0.2, 0) is 4.79 Å². The van der Waals surface area contributed by atoms with Crippen molar-refractivity contribution in [1.82, 2.24) is 0 Å². The van der Waals surface area contributed by atoms with Crippen LogP contribution >= 0.6 is 0 Å². The van der Waals surface area contributed by atoms with Crippen LogP contribution in [0, 0.1) is 11.3 Å². The zero-order valence-electron chi connectivity index (χ0n) is 8.23. The van der Waals surface area contributed by atoms with Gasteiger partial charge < -0.3 is 5.11 Å². The lowest BCUT2D eigenvalue weighted by Crippen LogP contribution is -2.34. The molecular formula is C12H14O2. The maximum absolute atomic E-state index is 11.5. The van der Waals surface area contributed by atoms with Crippen LogP contribution in [0.5, 0.6) is 0 Å². The lowest BCUT2D eigenvalue weighted by molar-refractivity contribution is -0.112. The van der Waals surface area contributed by atoms with Gasteiger partial charge in [0, 0.05) is 11.5 Å². The average Bonchev–Trinajstić information content (AvgIpc) is 2.19. The van der Waals surface area contributed by atoms with Crippen molar-refractivity contribution in [2.45, 2.75) is 19.8 Å². The largest absolute Gasteiger partial charge is 0.515 e. The molecule has 2 heteroatoms. The maximum atomic E-state index is 11.5. The Hall–Kier alpha value is -1.31. The number of ketones is 1. The van der Waals surface area contributed by atoms with Gasteiger partial charge in [-0.1, -0.05) is 25.2 Å². The topological polar surface area (TPSA) is 37.3 Å². The second-order valence-electron chi connectivity index (χ2n) is 4.25. The number of carbonyl (C=O) groups excluding carboxylic acids is 1. The Kier molecular flexibility index (Phi) is 2.06. The van der Waals surface area contributed by atoms with E-state index in [-0.39, 0.29) is 17.1 Å². The molecule has 1 N–H and O–H groups in total. The SMILES string of the molecule is CC12C=CC(=O)/C(=C\O)C1CC=CC2. The van der Waals surface area contributed by atoms with Gasteiger partial charge in [-0.15, -0.1) is 0 Å². The first-order valence-corrected chi connectivity index (χ1v) is 4.90. The lowest BCUT2D eigenvalue weighted by atomic mass is 9.64. The Morgan fingerprint density at radius 2 is 2.36 bits per heavy atom. The molecule has 0 saturated carbocycles. The Morgan fingerprint density at radius 3 is 3.07 bits per heavy atom. The fourth-order valence-electron chi connectivity index (χ4n) is 2.34. The summed E-state index contributed by atoms with van der Waals surface area (Å²) in [7, 11) is 0. The van der Waals surface area contributed by atoms with Crippen LogP contribution in [0.15, 0.2) is 36.1 Å². The normalized spacial score (nSPS) is 38.8. The summed E-state index contributed by atoms with van der Waals surface area (Å²) in [5, 5.41) is 9.07. The van der Waals surface area contributed by atoms with Gasteiger partial charge in [-0.05, 0) is 24.3 Å². The molecule has 0 aromatic rings. The minimum Gasteiger partial charge on any atom is -0.515 e. The molecule has 2 aliphatic rings. The molecule has 2 nitrogen and oxygen atoms in total. The number of carbonyl (C=O) groups is 1. The third kappa shape index (κ3) is 1.22. The van der Waals surface area contributed by atoms with Crippen molar-refractivity contribution < 1.29 is 9.90 Å². The molecule has 2 aliphatic carbocycles. The Labute approximate surface area is 83.6 Å². The zero-order valence-corrected chi connectivity index (χ0v) is 8.23. The zero-order chi connectivity index (χ0) is 10.2. The van der Waals surface area contributed by atoms with E-state index < -0.39 is 0 Å². The van der Waals surface area contributed by atoms with E-state index in [0.29, 0.717) is 5.57 Å². The van der Waals surface area contributed by atoms with Gasteiger partial charge in [-0.3, -0.25) is 4.79 Å². The third-order valence-corrected chi connectivity index (χ3v) is 3.31. The predicted molar refractivity (Wildman–Crippen MR) is 54.8 cm³/mol. The molecule has 0 spiro atoms. The van der Waals surface area contributed by atoms with E-state index in [9.17, 15) is 4.79 Å². The summed E-state index contributed by atoms with van der Waals surface area (Å²) in [6, 6.07) is 0. The minimum atomic E-state index is -0.0507. The van der Waals surface area contributed by atoms with Crippen molar-refractivity contribution in [3.8, 4) is 0 Å². The number of hydrogen-bond donors (Lipinski definition) is 1. The molecule has 0 saturated heterocycles. The summed E-state index contributed by atoms with van der Waals surface area (Å²) >= 11 is 0. The number of allylic oxidation sites excluding steroid dienone is 5. The van der Waals surface area contributed by atoms with Crippen LogP contribution in [0.25, 0.3) is 0 Å². The molecule has 0 bridgehead atoms. The van der Waals surface area contributed by atoms with Gasteiger partial charge in [0.15, 0.2) is 5.78 Å². The number of hydrogen-bond acceptors (Lipinski definition) is 2. The molecule has 14 heavy (non-hydrogen) atoms. The van der Waals surface area contributed by atoms with Crippen molar-refractivity contribution in [2.24, 2.45) is 11.3 Å². The van der Waals surface area contributed by atoms with Crippen molar-refractivity contribution >= 4 is 5.78 Å². The Morgan fingerprint density at radius 1 is 1.57 bits per heavy atom. The first-order valence-electron chi connectivity index (χ1n) is 4.90. The highest BCUT2D eigenvalue weighted by Crippen LogP contribution is 2.45. The van der Waals surface area contributed by atoms with Gasteiger partial charge in [-0.2, -0.15) is 0 Å². The van der Waals surface area contributed by atoms with E-state index in [1.807, 2.05) is 6.08 Å². The standard InChI is InChI=1S/C12H14O2/c1-12-6-3-2-4-10(12)9(8-13)11(14)5-7-12/h2-3,5,7-8,10,13H,4,6H2,1H3/b9-8-. The maximum Gasteiger partial charge on any atom is 0.184 e. The number of aliphatic hydroxyl groups is 1. The number of rotatable bonds is 0. The molecule has 2 atom stereocenters. The van der Waals surface area contributed by atoms with Gasteiger partial charge in [0.25, 0.3) is 0 Å². The van der Waals surface area contributed by atoms with Gasteiger partial charge in [0.1, 0.15) is 0 Å². The van der Waals surface area contributed by atoms with Crippen LogP contribution in [0.4, 0.5) is 0 Å². The molecule has 0 aromatic heterocycles. The third-order valence-electron chi connectivity index (χ3n) is 3.31. The lowest BCUT2D eigenvalue weighted by Gasteiger charge is -2.39. The monoisotopic (exact) mass is 190 g/mol. The summed E-state index contributed by atoms with van der Waals surface area (Å²) in [5.41, 5.74) is 0.566. The second kappa shape index (κ2) is 3.12. The predicted octanol–water partition coefficient (Wildman–Crippen LogP) is 2.54. The van der Waals surface area contributed by atoms with E-state index in [1.54, 1.807) is 6.08 Å². The van der Waals surface area contributed by atoms with E-state index in [4.69, 9.17) is 5.11 Å². The summed E-state index contributed by atoms with van der Waals surface area (Å²) in [6.07, 6.45) is 10.6. The van der Waals surface area contributed by atoms with E-state index in [0.717, 1.165) is 19.1 Å². The molecule has 2 rings (SSSR count). The van der Waals surface area contributed by atoms with Crippen molar-refractivity contribution in [3.05, 3.63) is 36.1 Å². The van der Waals surface area contributed by atoms with Crippen LogP contribution in [0.1, 0.15) is 19.8 Å². The summed E-state index contributed by atoms with van der Waals surface area (Å²) < 4.78 is 0. The Balaban J connectivity index is 2.46. The Bertz CT molecular complexity index is 349. The molecule has 0 heterocycles. The van der Waals surface area contributed by atoms with Gasteiger partial charge >= 0.3 is 0 Å². The molecule has 74 valence electrons. The average molecular weight is 190 g/mol. The number of fused-ring (bicyclic) bond motifs is 1. The van der Waals surface area contributed by atoms with Gasteiger partial charge in [0.05, 0.1) is 6.26 Å². The molecular weight excluding hydrogens is 176 g/mol. The van der Waals surface area contributed by atoms with Crippen LogP contribution in [0.3, 0.4) is 0 Å². The quantitative estimate of drug-likeness (QED) is 0.362. The molecule has 0 radical (unpaired) electrons. The van der Waals surface area contributed by atoms with Crippen molar-refractivity contribution in [3.63, 3.8) is 0 Å². The molecule has 0 fully saturated rings. The molecule has 0 aromatic carbocycles. The summed E-state index contributed by atoms with van der Waals surface area (Å²) in [6.45, 7) is 2.13. The highest BCUT2D eigenvalue weighted by Gasteiger charge is 2.39. The molecule has 2 unspecified atom stereocenters. The first-order chi connectivity index (χ1) is 6.67. The summed E-state index contributed by atoms with van der Waals surface area (Å²) in [4.78, 5) is 11.5. The highest BCUT2D eigenvalue weighted by atomic mass is 16.2. The van der Waals surface area contributed by atoms with E-state index >= 15 is 0 Å². The van der Waals surface area contributed by atoms with Crippen LogP contribution in [0.2, 0.25) is 0 Å². The minimum absolute atomic E-state index is 0.0111. The van der Waals surface area contributed by atoms with Gasteiger partial charge in [0.2, 0.25) is 0 Å². The summed E-state index contributed by atoms with van der Waals surface area (Å²) in [5.74, 6) is 0.0975. The van der Waals surface area contributed by atoms with Crippen molar-refractivity contribution in [1.29, 1.82) is 0 Å². The van der Waals surface area contributed by atoms with Crippen LogP contribution < -0.4 is 0 Å².